The van der Waals surface area contributed by atoms with Gasteiger partial charge in [0.05, 0.1) is 44.1 Å². The minimum Gasteiger partial charge on any atom is -0.309 e. The van der Waals surface area contributed by atoms with Crippen molar-refractivity contribution in [3.05, 3.63) is 413 Å². The highest BCUT2D eigenvalue weighted by Gasteiger charge is 2.21. The van der Waals surface area contributed by atoms with Crippen molar-refractivity contribution in [3.8, 4) is 101 Å². The van der Waals surface area contributed by atoms with Gasteiger partial charge in [0, 0.05) is 65.8 Å². The van der Waals surface area contributed by atoms with Crippen LogP contribution in [0.25, 0.3) is 188 Å². The van der Waals surface area contributed by atoms with Gasteiger partial charge in [0.15, 0.2) is 0 Å². The highest BCUT2D eigenvalue weighted by atomic mass is 15.0. The Morgan fingerprint density at radius 1 is 0.104 bits per heavy atom. The van der Waals surface area contributed by atoms with Crippen molar-refractivity contribution in [2.75, 3.05) is 0 Å². The minimum absolute atomic E-state index is 1.14. The Bertz CT molecular complexity index is 6860. The Labute approximate surface area is 614 Å². The zero-order valence-corrected chi connectivity index (χ0v) is 58.0. The van der Waals surface area contributed by atoms with Crippen LogP contribution in [0.15, 0.2) is 413 Å². The lowest BCUT2D eigenvalue weighted by molar-refractivity contribution is 1.18. The number of hydrogen-bond donors (Lipinski definition) is 0. The quantitative estimate of drug-likeness (QED) is 0.123. The summed E-state index contributed by atoms with van der Waals surface area (Å²) in [4.78, 5) is 0. The molecular formula is C102H68N4. The van der Waals surface area contributed by atoms with Gasteiger partial charge in [-0.25, -0.2) is 0 Å². The van der Waals surface area contributed by atoms with Crippen LogP contribution in [0.2, 0.25) is 0 Å². The van der Waals surface area contributed by atoms with Crippen LogP contribution >= 0.6 is 0 Å². The lowest BCUT2D eigenvalue weighted by Crippen LogP contribution is -1.96. The van der Waals surface area contributed by atoms with Crippen molar-refractivity contribution in [3.63, 3.8) is 0 Å². The molecule has 0 atom stereocenters. The summed E-state index contributed by atoms with van der Waals surface area (Å²) in [5, 5.41) is 10.0. The molecule has 21 rings (SSSR count). The molecule has 17 aromatic carbocycles. The highest BCUT2D eigenvalue weighted by Crippen LogP contribution is 2.43. The van der Waals surface area contributed by atoms with E-state index >= 15 is 0 Å². The number of rotatable bonds is 11. The average molecular weight is 1350 g/mol. The summed E-state index contributed by atoms with van der Waals surface area (Å²) >= 11 is 0. The molecular weight excluding hydrogens is 1280 g/mol. The molecule has 4 heterocycles. The molecule has 4 nitrogen and oxygen atoms in total. The van der Waals surface area contributed by atoms with Crippen molar-refractivity contribution in [2.24, 2.45) is 0 Å². The van der Waals surface area contributed by atoms with Crippen LogP contribution in [-0.2, 0) is 0 Å². The molecule has 21 aromatic rings. The number of benzene rings is 17. The van der Waals surface area contributed by atoms with E-state index in [0.717, 1.165) is 17.1 Å². The van der Waals surface area contributed by atoms with Crippen molar-refractivity contribution in [2.45, 2.75) is 0 Å². The molecule has 0 saturated carbocycles. The van der Waals surface area contributed by atoms with Crippen LogP contribution in [0.5, 0.6) is 0 Å². The SMILES string of the molecule is c1ccc(-c2ccc(-c3cc(-c4ccccc4)cc(-n4c5ccccc5c5ccc(-c6ccc7c(c6)c6ccccc6n7-c6ccccc6)cc54)c3)cc2)cc1.c1ccc(-c2ccc(-n3c4ccccc4c4cc(-c5ccc6c7ccccc7n(-c7ccc(-c8ccccc8)cc7)c6c5)ccc43)cc2)cc1. The first-order valence-electron chi connectivity index (χ1n) is 36.4. The molecule has 0 amide bonds. The van der Waals surface area contributed by atoms with Gasteiger partial charge in [-0.05, 0) is 193 Å². The molecule has 0 N–H and O–H groups in total. The van der Waals surface area contributed by atoms with Crippen molar-refractivity contribution < 1.29 is 0 Å². The highest BCUT2D eigenvalue weighted by molar-refractivity contribution is 6.15. The lowest BCUT2D eigenvalue weighted by Gasteiger charge is -2.15. The van der Waals surface area contributed by atoms with Gasteiger partial charge in [-0.2, -0.15) is 0 Å². The molecule has 4 heteroatoms. The van der Waals surface area contributed by atoms with E-state index in [9.17, 15) is 0 Å². The molecule has 0 fully saturated rings. The fourth-order valence-electron chi connectivity index (χ4n) is 16.4. The molecule has 0 saturated heterocycles. The smallest absolute Gasteiger partial charge is 0.0547 e. The Morgan fingerprint density at radius 3 is 0.708 bits per heavy atom. The van der Waals surface area contributed by atoms with E-state index in [2.05, 4.69) is 431 Å². The Balaban J connectivity index is 0.000000141. The van der Waals surface area contributed by atoms with Crippen LogP contribution in [0, 0.1) is 0 Å². The maximum absolute atomic E-state index is 2.46. The van der Waals surface area contributed by atoms with E-state index in [1.54, 1.807) is 0 Å². The van der Waals surface area contributed by atoms with E-state index < -0.39 is 0 Å². The summed E-state index contributed by atoms with van der Waals surface area (Å²) in [6.45, 7) is 0. The first-order valence-corrected chi connectivity index (χ1v) is 36.4. The number of fused-ring (bicyclic) bond motifs is 12. The molecule has 0 aliphatic heterocycles. The van der Waals surface area contributed by atoms with Crippen LogP contribution in [0.4, 0.5) is 0 Å². The number of nitrogens with zero attached hydrogens (tertiary/aromatic N) is 4. The molecule has 0 aliphatic carbocycles. The van der Waals surface area contributed by atoms with Gasteiger partial charge in [-0.3, -0.25) is 0 Å². The van der Waals surface area contributed by atoms with Crippen molar-refractivity contribution in [1.29, 1.82) is 0 Å². The number of hydrogen-bond acceptors (Lipinski definition) is 0. The first-order chi connectivity index (χ1) is 52.6. The second-order valence-corrected chi connectivity index (χ2v) is 27.6. The maximum Gasteiger partial charge on any atom is 0.0547 e. The van der Waals surface area contributed by atoms with E-state index in [-0.39, 0.29) is 0 Å². The first kappa shape index (κ1) is 61.8. The molecule has 4 aromatic heterocycles. The molecule has 106 heavy (non-hydrogen) atoms. The predicted molar refractivity (Wildman–Crippen MR) is 448 cm³/mol. The van der Waals surface area contributed by atoms with E-state index in [1.807, 2.05) is 0 Å². The fraction of sp³-hybridized carbons (Fsp3) is 0. The monoisotopic (exact) mass is 1350 g/mol. The summed E-state index contributed by atoms with van der Waals surface area (Å²) in [5.74, 6) is 0. The maximum atomic E-state index is 2.46. The molecule has 0 bridgehead atoms. The van der Waals surface area contributed by atoms with Gasteiger partial charge in [0.2, 0.25) is 0 Å². The number of para-hydroxylation sites is 5. The zero-order chi connectivity index (χ0) is 70.0. The molecule has 0 spiro atoms. The fourth-order valence-corrected chi connectivity index (χ4v) is 16.4. The van der Waals surface area contributed by atoms with Gasteiger partial charge in [-0.15, -0.1) is 0 Å². The van der Waals surface area contributed by atoms with Gasteiger partial charge in [0.25, 0.3) is 0 Å². The largest absolute Gasteiger partial charge is 0.309 e. The van der Waals surface area contributed by atoms with Crippen molar-refractivity contribution >= 4 is 87.2 Å². The number of aromatic nitrogens is 4. The summed E-state index contributed by atoms with van der Waals surface area (Å²) in [5.41, 5.74) is 31.1. The summed E-state index contributed by atoms with van der Waals surface area (Å²) in [6, 6.07) is 150. The van der Waals surface area contributed by atoms with Gasteiger partial charge in [0.1, 0.15) is 0 Å². The third-order valence-corrected chi connectivity index (χ3v) is 21.4. The third kappa shape index (κ3) is 10.9. The summed E-state index contributed by atoms with van der Waals surface area (Å²) in [6.07, 6.45) is 0. The molecule has 496 valence electrons. The predicted octanol–water partition coefficient (Wildman–Crippen LogP) is 27.4. The van der Waals surface area contributed by atoms with Crippen LogP contribution in [0.3, 0.4) is 0 Å². The Kier molecular flexibility index (Phi) is 15.2. The second-order valence-electron chi connectivity index (χ2n) is 27.6. The summed E-state index contributed by atoms with van der Waals surface area (Å²) < 4.78 is 9.64. The Hall–Kier alpha value is -14.1. The average Bonchev–Trinajstić information content (AvgIpc) is 1.60. The van der Waals surface area contributed by atoms with Gasteiger partial charge < -0.3 is 18.3 Å². The lowest BCUT2D eigenvalue weighted by atomic mass is 9.96. The Morgan fingerprint density at radius 2 is 0.330 bits per heavy atom. The van der Waals surface area contributed by atoms with Crippen molar-refractivity contribution in [1.82, 2.24) is 18.3 Å². The van der Waals surface area contributed by atoms with E-state index in [4.69, 9.17) is 0 Å². The molecule has 0 radical (unpaired) electrons. The second kappa shape index (κ2) is 26.1. The van der Waals surface area contributed by atoms with Crippen LogP contribution in [0.1, 0.15) is 0 Å². The minimum atomic E-state index is 1.14. The molecule has 0 unspecified atom stereocenters. The normalized spacial score (nSPS) is 11.6. The van der Waals surface area contributed by atoms with Crippen LogP contribution < -0.4 is 0 Å². The third-order valence-electron chi connectivity index (χ3n) is 21.4. The zero-order valence-electron chi connectivity index (χ0n) is 58.0. The summed E-state index contributed by atoms with van der Waals surface area (Å²) in [7, 11) is 0. The van der Waals surface area contributed by atoms with Gasteiger partial charge in [-0.1, -0.05) is 297 Å². The van der Waals surface area contributed by atoms with E-state index in [0.29, 0.717) is 0 Å². The van der Waals surface area contributed by atoms with Gasteiger partial charge >= 0.3 is 0 Å². The standard InChI is InChI=1S/C54H36N2.C48H32N2/c1-4-14-37(15-5-1)39-24-26-40(27-25-39)44-32-43(38-16-6-2-7-17-38)33-46(34-44)56-51-22-12-10-20-47(51)49-30-28-42(36-54(49)56)41-29-31-53-50(35-41)48-21-11-13-23-52(48)55(53)45-18-8-3-9-19-45;1-3-11-33(12-4-1)35-19-25-39(26-20-35)49-46-18-10-8-16-42(46)44-31-37(24-30-47(44)49)38-23-29-43-41-15-7-9-17-45(41)50(48(43)32-38)40-27-21-36(22-28-40)34-13-5-2-6-14-34/h1-36H;1-32H. The van der Waals surface area contributed by atoms with Crippen LogP contribution in [-0.4, -0.2) is 18.3 Å². The molecule has 0 aliphatic rings. The topological polar surface area (TPSA) is 19.7 Å². The van der Waals surface area contributed by atoms with E-state index in [1.165, 1.54) is 171 Å².